The van der Waals surface area contributed by atoms with E-state index in [1.54, 1.807) is 66.7 Å². The van der Waals surface area contributed by atoms with Gasteiger partial charge in [0.15, 0.2) is 0 Å². The predicted molar refractivity (Wildman–Crippen MR) is 127 cm³/mol. The van der Waals surface area contributed by atoms with Gasteiger partial charge in [0, 0.05) is 21.8 Å². The lowest BCUT2D eigenvalue weighted by Crippen LogP contribution is -2.29. The topological polar surface area (TPSA) is 76.1 Å². The first-order chi connectivity index (χ1) is 15.9. The summed E-state index contributed by atoms with van der Waals surface area (Å²) in [6.45, 7) is 1.85. The van der Waals surface area contributed by atoms with Crippen molar-refractivity contribution in [3.8, 4) is 11.5 Å². The van der Waals surface area contributed by atoms with Gasteiger partial charge in [-0.05, 0) is 42.8 Å². The fourth-order valence-corrected chi connectivity index (χ4v) is 4.10. The lowest BCUT2D eigenvalue weighted by atomic mass is 9.94. The van der Waals surface area contributed by atoms with Crippen molar-refractivity contribution in [2.24, 2.45) is 0 Å². The number of hydrogen-bond acceptors (Lipinski definition) is 5. The monoisotopic (exact) mass is 463 g/mol. The minimum absolute atomic E-state index is 0.0468. The number of benzene rings is 3. The summed E-state index contributed by atoms with van der Waals surface area (Å²) >= 11 is 6.34. The van der Waals surface area contributed by atoms with Gasteiger partial charge in [-0.25, -0.2) is 0 Å². The molecule has 3 aromatic rings. The van der Waals surface area contributed by atoms with E-state index in [-0.39, 0.29) is 11.3 Å². The van der Waals surface area contributed by atoms with Crippen LogP contribution in [0.2, 0.25) is 5.02 Å². The zero-order chi connectivity index (χ0) is 23.7. The van der Waals surface area contributed by atoms with Crippen LogP contribution in [0.5, 0.6) is 11.5 Å². The van der Waals surface area contributed by atoms with Crippen molar-refractivity contribution in [3.05, 3.63) is 94.0 Å². The Morgan fingerprint density at radius 1 is 0.970 bits per heavy atom. The molecule has 1 amide bonds. The standard InChI is InChI=1S/C26H22ClNO5/c1-15-9-10-17(13-20(15)27)28-23(19-14-18(32-2)11-12-21(19)33-3)22(25(30)26(28)31)24(29)16-7-5-4-6-8-16/h4-14,23,29H,1-3H3/t23-/m0/s1. The summed E-state index contributed by atoms with van der Waals surface area (Å²) in [7, 11) is 3.02. The molecule has 1 saturated heterocycles. The van der Waals surface area contributed by atoms with E-state index in [1.807, 2.05) is 6.92 Å². The second kappa shape index (κ2) is 9.00. The second-order valence-electron chi connectivity index (χ2n) is 7.58. The zero-order valence-electron chi connectivity index (χ0n) is 18.3. The minimum atomic E-state index is -0.964. The van der Waals surface area contributed by atoms with Crippen LogP contribution >= 0.6 is 11.6 Å². The van der Waals surface area contributed by atoms with Crippen molar-refractivity contribution < 1.29 is 24.2 Å². The SMILES string of the molecule is COc1ccc(OC)c([C@H]2C(=C(O)c3ccccc3)C(=O)C(=O)N2c2ccc(C)c(Cl)c2)c1. The molecule has 0 aliphatic carbocycles. The Morgan fingerprint density at radius 3 is 2.33 bits per heavy atom. The molecule has 1 N–H and O–H groups in total. The highest BCUT2D eigenvalue weighted by atomic mass is 35.5. The van der Waals surface area contributed by atoms with E-state index in [2.05, 4.69) is 0 Å². The molecule has 1 aliphatic rings. The first-order valence-electron chi connectivity index (χ1n) is 10.2. The molecule has 0 unspecified atom stereocenters. The third kappa shape index (κ3) is 3.94. The van der Waals surface area contributed by atoms with Gasteiger partial charge in [-0.3, -0.25) is 14.5 Å². The highest BCUT2D eigenvalue weighted by Crippen LogP contribution is 2.46. The molecule has 33 heavy (non-hydrogen) atoms. The molecule has 1 heterocycles. The maximum absolute atomic E-state index is 13.3. The highest BCUT2D eigenvalue weighted by Gasteiger charge is 2.48. The van der Waals surface area contributed by atoms with Gasteiger partial charge < -0.3 is 14.6 Å². The summed E-state index contributed by atoms with van der Waals surface area (Å²) in [4.78, 5) is 27.9. The number of ketones is 1. The van der Waals surface area contributed by atoms with Gasteiger partial charge in [-0.15, -0.1) is 0 Å². The molecule has 0 spiro atoms. The second-order valence-corrected chi connectivity index (χ2v) is 7.98. The van der Waals surface area contributed by atoms with Crippen molar-refractivity contribution in [2.45, 2.75) is 13.0 Å². The number of carbonyl (C=O) groups excluding carboxylic acids is 2. The molecule has 0 saturated carbocycles. The summed E-state index contributed by atoms with van der Waals surface area (Å²) in [5.74, 6) is -0.905. The maximum Gasteiger partial charge on any atom is 0.300 e. The predicted octanol–water partition coefficient (Wildman–Crippen LogP) is 5.29. The number of nitrogens with zero attached hydrogens (tertiary/aromatic N) is 1. The summed E-state index contributed by atoms with van der Waals surface area (Å²) in [5, 5.41) is 11.6. The first-order valence-corrected chi connectivity index (χ1v) is 10.6. The number of carbonyl (C=O) groups is 2. The normalized spacial score (nSPS) is 17.3. The number of amides is 1. The lowest BCUT2D eigenvalue weighted by molar-refractivity contribution is -0.132. The first kappa shape index (κ1) is 22.4. The number of aryl methyl sites for hydroxylation is 1. The van der Waals surface area contributed by atoms with E-state index >= 15 is 0 Å². The van der Waals surface area contributed by atoms with Crippen LogP contribution < -0.4 is 14.4 Å². The summed E-state index contributed by atoms with van der Waals surface area (Å²) in [6, 6.07) is 17.9. The van der Waals surface area contributed by atoms with Gasteiger partial charge in [0.2, 0.25) is 0 Å². The Balaban J connectivity index is 2.02. The smallest absolute Gasteiger partial charge is 0.300 e. The van der Waals surface area contributed by atoms with E-state index in [4.69, 9.17) is 21.1 Å². The van der Waals surface area contributed by atoms with Gasteiger partial charge in [-0.1, -0.05) is 48.0 Å². The van der Waals surface area contributed by atoms with Crippen molar-refractivity contribution >= 4 is 34.7 Å². The average Bonchev–Trinajstić information content (AvgIpc) is 3.10. The third-order valence-electron chi connectivity index (χ3n) is 5.66. The lowest BCUT2D eigenvalue weighted by Gasteiger charge is -2.27. The largest absolute Gasteiger partial charge is 0.507 e. The number of Topliss-reactive ketones (excluding diaryl/α,β-unsaturated/α-hetero) is 1. The highest BCUT2D eigenvalue weighted by molar-refractivity contribution is 6.52. The molecule has 3 aromatic carbocycles. The van der Waals surface area contributed by atoms with Gasteiger partial charge in [0.25, 0.3) is 11.7 Å². The molecular formula is C26H22ClNO5. The average molecular weight is 464 g/mol. The molecule has 0 radical (unpaired) electrons. The molecule has 1 atom stereocenters. The van der Waals surface area contributed by atoms with Crippen LogP contribution in [0.4, 0.5) is 5.69 Å². The number of halogens is 1. The summed E-state index contributed by atoms with van der Waals surface area (Å²) in [6.07, 6.45) is 0. The quantitative estimate of drug-likeness (QED) is 0.316. The Kier molecular flexibility index (Phi) is 6.11. The van der Waals surface area contributed by atoms with Crippen molar-refractivity contribution in [3.63, 3.8) is 0 Å². The van der Waals surface area contributed by atoms with Gasteiger partial charge >= 0.3 is 0 Å². The number of aliphatic hydroxyl groups is 1. The van der Waals surface area contributed by atoms with Gasteiger partial charge in [0.05, 0.1) is 25.8 Å². The molecule has 168 valence electrons. The molecule has 1 aliphatic heterocycles. The van der Waals surface area contributed by atoms with Crippen LogP contribution in [0.25, 0.3) is 5.76 Å². The van der Waals surface area contributed by atoms with Crippen LogP contribution in [0.15, 0.2) is 72.3 Å². The maximum atomic E-state index is 13.3. The number of aliphatic hydroxyl groups excluding tert-OH is 1. The number of hydrogen-bond donors (Lipinski definition) is 1. The Hall–Kier alpha value is -3.77. The molecule has 4 rings (SSSR count). The summed E-state index contributed by atoms with van der Waals surface area (Å²) in [5.41, 5.74) is 2.12. The van der Waals surface area contributed by atoms with Crippen LogP contribution in [-0.4, -0.2) is 31.0 Å². The Labute approximate surface area is 196 Å². The van der Waals surface area contributed by atoms with E-state index in [9.17, 15) is 14.7 Å². The zero-order valence-corrected chi connectivity index (χ0v) is 19.1. The van der Waals surface area contributed by atoms with Gasteiger partial charge in [0.1, 0.15) is 17.3 Å². The van der Waals surface area contributed by atoms with E-state index < -0.39 is 17.7 Å². The Bertz CT molecular complexity index is 1270. The van der Waals surface area contributed by atoms with Crippen LogP contribution in [0.3, 0.4) is 0 Å². The van der Waals surface area contributed by atoms with E-state index in [0.717, 1.165) is 5.56 Å². The van der Waals surface area contributed by atoms with Crippen LogP contribution in [-0.2, 0) is 9.59 Å². The molecule has 6 nitrogen and oxygen atoms in total. The molecule has 0 bridgehead atoms. The fourth-order valence-electron chi connectivity index (χ4n) is 3.93. The molecule has 1 fully saturated rings. The molecule has 7 heteroatoms. The van der Waals surface area contributed by atoms with Crippen molar-refractivity contribution in [1.29, 1.82) is 0 Å². The Morgan fingerprint density at radius 2 is 1.70 bits per heavy atom. The van der Waals surface area contributed by atoms with Crippen LogP contribution in [0.1, 0.15) is 22.7 Å². The summed E-state index contributed by atoms with van der Waals surface area (Å²) < 4.78 is 10.9. The van der Waals surface area contributed by atoms with Crippen molar-refractivity contribution in [1.82, 2.24) is 0 Å². The molecule has 0 aromatic heterocycles. The third-order valence-corrected chi connectivity index (χ3v) is 6.06. The van der Waals surface area contributed by atoms with Gasteiger partial charge in [-0.2, -0.15) is 0 Å². The van der Waals surface area contributed by atoms with Crippen LogP contribution in [0, 0.1) is 6.92 Å². The number of methoxy groups -OCH3 is 2. The van der Waals surface area contributed by atoms with E-state index in [0.29, 0.717) is 33.3 Å². The number of ether oxygens (including phenoxy) is 2. The molecular weight excluding hydrogens is 442 g/mol. The fraction of sp³-hybridized carbons (Fsp3) is 0.154. The van der Waals surface area contributed by atoms with E-state index in [1.165, 1.54) is 19.1 Å². The number of anilines is 1. The number of rotatable bonds is 5. The van der Waals surface area contributed by atoms with Crippen molar-refractivity contribution in [2.75, 3.05) is 19.1 Å². The minimum Gasteiger partial charge on any atom is -0.507 e.